The van der Waals surface area contributed by atoms with E-state index < -0.39 is 0 Å². The fraction of sp³-hybridized carbons (Fsp3) is 1.00. The van der Waals surface area contributed by atoms with Crippen molar-refractivity contribution in [3.05, 3.63) is 0 Å². The standard InChI is InChI=1S/C15H34N2/c1-3-5-13-17-15-12-10-8-6-7-9-11-14-16-4-2/h16-17H,3-15H2,1-2H3. The largest absolute Gasteiger partial charge is 0.317 e. The predicted molar refractivity (Wildman–Crippen MR) is 78.6 cm³/mol. The van der Waals surface area contributed by atoms with Gasteiger partial charge in [-0.1, -0.05) is 52.4 Å². The molecule has 0 saturated heterocycles. The van der Waals surface area contributed by atoms with E-state index >= 15 is 0 Å². The highest BCUT2D eigenvalue weighted by atomic mass is 14.8. The van der Waals surface area contributed by atoms with Crippen molar-refractivity contribution in [2.24, 2.45) is 0 Å². The van der Waals surface area contributed by atoms with E-state index in [0.29, 0.717) is 0 Å². The fourth-order valence-corrected chi connectivity index (χ4v) is 1.99. The summed E-state index contributed by atoms with van der Waals surface area (Å²) in [6, 6.07) is 0. The van der Waals surface area contributed by atoms with Gasteiger partial charge in [-0.3, -0.25) is 0 Å². The van der Waals surface area contributed by atoms with Crippen LogP contribution in [-0.4, -0.2) is 26.2 Å². The van der Waals surface area contributed by atoms with Crippen LogP contribution in [0.1, 0.15) is 71.6 Å². The van der Waals surface area contributed by atoms with Crippen molar-refractivity contribution in [3.63, 3.8) is 0 Å². The van der Waals surface area contributed by atoms with E-state index in [1.54, 1.807) is 0 Å². The summed E-state index contributed by atoms with van der Waals surface area (Å²) in [6.45, 7) is 9.18. The van der Waals surface area contributed by atoms with Crippen LogP contribution in [0.3, 0.4) is 0 Å². The molecule has 0 heterocycles. The molecule has 2 N–H and O–H groups in total. The first-order chi connectivity index (χ1) is 8.41. The molecule has 0 aliphatic rings. The van der Waals surface area contributed by atoms with Crippen molar-refractivity contribution in [2.75, 3.05) is 26.2 Å². The molecule has 0 aliphatic heterocycles. The second kappa shape index (κ2) is 15.9. The van der Waals surface area contributed by atoms with Crippen LogP contribution >= 0.6 is 0 Å². The molecule has 0 spiro atoms. The third kappa shape index (κ3) is 15.9. The Bertz CT molecular complexity index is 112. The van der Waals surface area contributed by atoms with Crippen molar-refractivity contribution in [3.8, 4) is 0 Å². The van der Waals surface area contributed by atoms with Crippen LogP contribution in [0.15, 0.2) is 0 Å². The van der Waals surface area contributed by atoms with Crippen molar-refractivity contribution in [1.29, 1.82) is 0 Å². The summed E-state index contributed by atoms with van der Waals surface area (Å²) in [4.78, 5) is 0. The Labute approximate surface area is 109 Å². The molecule has 0 amide bonds. The first-order valence-corrected chi connectivity index (χ1v) is 7.83. The van der Waals surface area contributed by atoms with Crippen LogP contribution in [0.4, 0.5) is 0 Å². The van der Waals surface area contributed by atoms with E-state index in [-0.39, 0.29) is 0 Å². The molecule has 2 heteroatoms. The van der Waals surface area contributed by atoms with Gasteiger partial charge in [0.05, 0.1) is 0 Å². The van der Waals surface area contributed by atoms with Gasteiger partial charge in [0.25, 0.3) is 0 Å². The van der Waals surface area contributed by atoms with Crippen molar-refractivity contribution in [1.82, 2.24) is 10.6 Å². The molecule has 0 aromatic heterocycles. The highest BCUT2D eigenvalue weighted by Crippen LogP contribution is 2.06. The maximum atomic E-state index is 3.50. The Balaban J connectivity index is 2.85. The Morgan fingerprint density at radius 1 is 0.529 bits per heavy atom. The number of hydrogen-bond acceptors (Lipinski definition) is 2. The first-order valence-electron chi connectivity index (χ1n) is 7.83. The summed E-state index contributed by atoms with van der Waals surface area (Å²) >= 11 is 0. The molecule has 0 unspecified atom stereocenters. The smallest absolute Gasteiger partial charge is 0.00489 e. The molecule has 0 aromatic carbocycles. The summed E-state index contributed by atoms with van der Waals surface area (Å²) < 4.78 is 0. The molecular weight excluding hydrogens is 208 g/mol. The topological polar surface area (TPSA) is 24.1 Å². The molecule has 104 valence electrons. The van der Waals surface area contributed by atoms with Gasteiger partial charge >= 0.3 is 0 Å². The van der Waals surface area contributed by atoms with Crippen LogP contribution in [0.2, 0.25) is 0 Å². The Morgan fingerprint density at radius 3 is 1.53 bits per heavy atom. The van der Waals surface area contributed by atoms with Gasteiger partial charge < -0.3 is 10.6 Å². The summed E-state index contributed by atoms with van der Waals surface area (Å²) in [5.74, 6) is 0. The van der Waals surface area contributed by atoms with Gasteiger partial charge in [-0.15, -0.1) is 0 Å². The van der Waals surface area contributed by atoms with Gasteiger partial charge in [0.15, 0.2) is 0 Å². The van der Waals surface area contributed by atoms with Crippen LogP contribution in [0, 0.1) is 0 Å². The Hall–Kier alpha value is -0.0800. The SMILES string of the molecule is CCCCNCCCCCCCCCNCC. The Morgan fingerprint density at radius 2 is 1.00 bits per heavy atom. The lowest BCUT2D eigenvalue weighted by molar-refractivity contribution is 0.544. The molecule has 0 aliphatic carbocycles. The molecule has 0 radical (unpaired) electrons. The summed E-state index contributed by atoms with van der Waals surface area (Å²) in [7, 11) is 0. The highest BCUT2D eigenvalue weighted by molar-refractivity contribution is 4.51. The molecule has 2 nitrogen and oxygen atoms in total. The van der Waals surface area contributed by atoms with E-state index in [9.17, 15) is 0 Å². The second-order valence-corrected chi connectivity index (χ2v) is 4.93. The minimum atomic E-state index is 1.12. The minimum absolute atomic E-state index is 1.12. The molecule has 0 fully saturated rings. The van der Waals surface area contributed by atoms with Crippen molar-refractivity contribution >= 4 is 0 Å². The van der Waals surface area contributed by atoms with Gasteiger partial charge in [-0.05, 0) is 45.4 Å². The maximum absolute atomic E-state index is 3.50. The highest BCUT2D eigenvalue weighted by Gasteiger charge is 1.92. The molecule has 0 aromatic rings. The van der Waals surface area contributed by atoms with Crippen LogP contribution < -0.4 is 10.6 Å². The molecule has 0 bridgehead atoms. The monoisotopic (exact) mass is 242 g/mol. The van der Waals surface area contributed by atoms with E-state index in [1.165, 1.54) is 77.4 Å². The van der Waals surface area contributed by atoms with Gasteiger partial charge in [0.1, 0.15) is 0 Å². The molecule has 17 heavy (non-hydrogen) atoms. The van der Waals surface area contributed by atoms with Crippen molar-refractivity contribution in [2.45, 2.75) is 71.6 Å². The van der Waals surface area contributed by atoms with Gasteiger partial charge in [0.2, 0.25) is 0 Å². The van der Waals surface area contributed by atoms with Gasteiger partial charge in [-0.2, -0.15) is 0 Å². The van der Waals surface area contributed by atoms with Crippen LogP contribution in [0.5, 0.6) is 0 Å². The van der Waals surface area contributed by atoms with Gasteiger partial charge in [-0.25, -0.2) is 0 Å². The molecule has 0 rings (SSSR count). The van der Waals surface area contributed by atoms with E-state index in [0.717, 1.165) is 6.54 Å². The zero-order chi connectivity index (χ0) is 12.6. The number of nitrogens with one attached hydrogen (secondary N) is 2. The zero-order valence-electron chi connectivity index (χ0n) is 12.2. The number of unbranched alkanes of at least 4 members (excludes halogenated alkanes) is 7. The van der Waals surface area contributed by atoms with E-state index in [4.69, 9.17) is 0 Å². The summed E-state index contributed by atoms with van der Waals surface area (Å²) in [5, 5.41) is 6.88. The van der Waals surface area contributed by atoms with E-state index in [1.807, 2.05) is 0 Å². The molecular formula is C15H34N2. The van der Waals surface area contributed by atoms with Crippen LogP contribution in [-0.2, 0) is 0 Å². The third-order valence-electron chi connectivity index (χ3n) is 3.16. The first kappa shape index (κ1) is 16.9. The lowest BCUT2D eigenvalue weighted by Crippen LogP contribution is -2.16. The second-order valence-electron chi connectivity index (χ2n) is 4.93. The molecule has 0 atom stereocenters. The predicted octanol–water partition coefficient (Wildman–Crippen LogP) is 3.72. The maximum Gasteiger partial charge on any atom is -0.00489 e. The quantitative estimate of drug-likeness (QED) is 0.454. The van der Waals surface area contributed by atoms with Gasteiger partial charge in [0, 0.05) is 0 Å². The number of hydrogen-bond donors (Lipinski definition) is 2. The third-order valence-corrected chi connectivity index (χ3v) is 3.16. The van der Waals surface area contributed by atoms with E-state index in [2.05, 4.69) is 24.5 Å². The average Bonchev–Trinajstić information content (AvgIpc) is 2.35. The average molecular weight is 242 g/mol. The summed E-state index contributed by atoms with van der Waals surface area (Å²) in [5.41, 5.74) is 0. The molecule has 0 saturated carbocycles. The number of rotatable bonds is 14. The minimum Gasteiger partial charge on any atom is -0.317 e. The van der Waals surface area contributed by atoms with Crippen LogP contribution in [0.25, 0.3) is 0 Å². The lowest BCUT2D eigenvalue weighted by atomic mass is 10.1. The lowest BCUT2D eigenvalue weighted by Gasteiger charge is -2.04. The summed E-state index contributed by atoms with van der Waals surface area (Å²) in [6.07, 6.45) is 12.4. The Kier molecular flexibility index (Phi) is 15.8. The normalized spacial score (nSPS) is 10.9. The zero-order valence-corrected chi connectivity index (χ0v) is 12.2. The fourth-order valence-electron chi connectivity index (χ4n) is 1.99. The van der Waals surface area contributed by atoms with Crippen molar-refractivity contribution < 1.29 is 0 Å².